The van der Waals surface area contributed by atoms with Gasteiger partial charge in [-0.05, 0) is 42.0 Å². The number of thiazole rings is 1. The Labute approximate surface area is 214 Å². The highest BCUT2D eigenvalue weighted by Crippen LogP contribution is 2.41. The van der Waals surface area contributed by atoms with Crippen molar-refractivity contribution in [2.24, 2.45) is 5.41 Å². The Balaban J connectivity index is 1.81. The molecule has 4 aromatic rings. The zero-order valence-electron chi connectivity index (χ0n) is 19.7. The second kappa shape index (κ2) is 9.53. The quantitative estimate of drug-likeness (QED) is 0.318. The second-order valence-corrected chi connectivity index (χ2v) is 12.6. The Hall–Kier alpha value is -3.07. The van der Waals surface area contributed by atoms with E-state index in [0.717, 1.165) is 32.3 Å². The van der Waals surface area contributed by atoms with Gasteiger partial charge in [0, 0.05) is 34.0 Å². The second-order valence-electron chi connectivity index (χ2n) is 9.14. The Morgan fingerprint density at radius 1 is 0.971 bits per heavy atom. The predicted octanol–water partition coefficient (Wildman–Crippen LogP) is 6.58. The molecule has 1 amide bonds. The van der Waals surface area contributed by atoms with Gasteiger partial charge in [0.05, 0.1) is 15.5 Å². The van der Waals surface area contributed by atoms with E-state index in [-0.39, 0.29) is 10.8 Å². The first kappa shape index (κ1) is 25.0. The molecule has 0 saturated carbocycles. The molecule has 2 heterocycles. The van der Waals surface area contributed by atoms with Crippen molar-refractivity contribution >= 4 is 44.5 Å². The fourth-order valence-electron chi connectivity index (χ4n) is 3.26. The van der Waals surface area contributed by atoms with Crippen LogP contribution >= 0.6 is 22.9 Å². The average Bonchev–Trinajstić information content (AvgIpc) is 3.24. The summed E-state index contributed by atoms with van der Waals surface area (Å²) < 4.78 is 23.7. The number of pyridine rings is 1. The van der Waals surface area contributed by atoms with Gasteiger partial charge >= 0.3 is 0 Å². The van der Waals surface area contributed by atoms with Gasteiger partial charge in [-0.1, -0.05) is 56.6 Å². The van der Waals surface area contributed by atoms with Crippen molar-refractivity contribution in [3.05, 3.63) is 71.9 Å². The minimum atomic E-state index is -3.29. The lowest BCUT2D eigenvalue weighted by Crippen LogP contribution is -2.27. The summed E-state index contributed by atoms with van der Waals surface area (Å²) in [5.41, 5.74) is 2.67. The largest absolute Gasteiger partial charge is 0.310 e. The number of nitrogens with one attached hydrogen (secondary N) is 1. The summed E-state index contributed by atoms with van der Waals surface area (Å²) >= 11 is 7.73. The van der Waals surface area contributed by atoms with E-state index in [9.17, 15) is 13.2 Å². The van der Waals surface area contributed by atoms with E-state index >= 15 is 0 Å². The third-order valence-electron chi connectivity index (χ3n) is 5.20. The Bertz CT molecular complexity index is 1510. The molecule has 0 bridgehead atoms. The minimum absolute atomic E-state index is 0.131. The highest BCUT2D eigenvalue weighted by molar-refractivity contribution is 7.90. The van der Waals surface area contributed by atoms with Crippen LogP contribution in [-0.2, 0) is 14.6 Å². The number of sulfone groups is 1. The van der Waals surface area contributed by atoms with Gasteiger partial charge in [-0.2, -0.15) is 0 Å². The van der Waals surface area contributed by atoms with Gasteiger partial charge in [0.1, 0.15) is 10.8 Å². The number of benzene rings is 2. The molecule has 0 radical (unpaired) electrons. The van der Waals surface area contributed by atoms with Crippen LogP contribution in [0.2, 0.25) is 5.02 Å². The lowest BCUT2D eigenvalue weighted by Gasteiger charge is -2.17. The summed E-state index contributed by atoms with van der Waals surface area (Å²) in [5.74, 6) is 0.320. The van der Waals surface area contributed by atoms with Crippen molar-refractivity contribution in [1.29, 1.82) is 0 Å². The van der Waals surface area contributed by atoms with Gasteiger partial charge in [0.25, 0.3) is 0 Å². The Morgan fingerprint density at radius 3 is 2.31 bits per heavy atom. The van der Waals surface area contributed by atoms with Crippen LogP contribution in [0.25, 0.3) is 32.3 Å². The molecule has 0 aliphatic rings. The van der Waals surface area contributed by atoms with Crippen LogP contribution in [0.3, 0.4) is 0 Å². The van der Waals surface area contributed by atoms with Crippen molar-refractivity contribution < 1.29 is 13.2 Å². The van der Waals surface area contributed by atoms with E-state index in [0.29, 0.717) is 10.8 Å². The Kier molecular flexibility index (Phi) is 6.81. The van der Waals surface area contributed by atoms with Gasteiger partial charge in [-0.25, -0.2) is 18.4 Å². The molecule has 6 nitrogen and oxygen atoms in total. The van der Waals surface area contributed by atoms with Crippen molar-refractivity contribution in [2.75, 3.05) is 11.6 Å². The molecule has 2 aromatic carbocycles. The maximum atomic E-state index is 12.5. The maximum Gasteiger partial charge on any atom is 0.230 e. The normalized spacial score (nSPS) is 11.9. The molecule has 0 aliphatic carbocycles. The number of carbonyl (C=O) groups is 1. The van der Waals surface area contributed by atoms with E-state index in [4.69, 9.17) is 16.6 Å². The number of aromatic nitrogens is 2. The van der Waals surface area contributed by atoms with Gasteiger partial charge in [-0.3, -0.25) is 4.79 Å². The summed E-state index contributed by atoms with van der Waals surface area (Å²) in [6.07, 6.45) is 2.83. The van der Waals surface area contributed by atoms with E-state index in [2.05, 4.69) is 10.3 Å². The lowest BCUT2D eigenvalue weighted by atomic mass is 9.96. The molecular weight excluding hydrogens is 502 g/mol. The van der Waals surface area contributed by atoms with Gasteiger partial charge in [-0.15, -0.1) is 11.3 Å². The molecule has 0 unspecified atom stereocenters. The summed E-state index contributed by atoms with van der Waals surface area (Å²) in [5, 5.41) is 4.20. The minimum Gasteiger partial charge on any atom is -0.310 e. The number of hydrogen-bond acceptors (Lipinski definition) is 6. The smallest absolute Gasteiger partial charge is 0.230 e. The summed E-state index contributed by atoms with van der Waals surface area (Å²) in [7, 11) is -3.29. The molecule has 0 saturated heterocycles. The van der Waals surface area contributed by atoms with E-state index < -0.39 is 15.3 Å². The van der Waals surface area contributed by atoms with Crippen LogP contribution in [0.4, 0.5) is 5.82 Å². The molecule has 35 heavy (non-hydrogen) atoms. The lowest BCUT2D eigenvalue weighted by molar-refractivity contribution is -0.123. The molecule has 0 atom stereocenters. The van der Waals surface area contributed by atoms with E-state index in [1.165, 1.54) is 17.6 Å². The van der Waals surface area contributed by atoms with Crippen LogP contribution in [-0.4, -0.2) is 30.5 Å². The van der Waals surface area contributed by atoms with Crippen LogP contribution in [0, 0.1) is 5.41 Å². The predicted molar refractivity (Wildman–Crippen MR) is 142 cm³/mol. The van der Waals surface area contributed by atoms with Crippen molar-refractivity contribution in [3.8, 4) is 32.3 Å². The fourth-order valence-corrected chi connectivity index (χ4v) is 5.17. The van der Waals surface area contributed by atoms with Crippen molar-refractivity contribution in [3.63, 3.8) is 0 Å². The highest BCUT2D eigenvalue weighted by Gasteiger charge is 2.22. The molecule has 1 N–H and O–H groups in total. The van der Waals surface area contributed by atoms with Gasteiger partial charge in [0.2, 0.25) is 5.91 Å². The number of halogens is 1. The fraction of sp³-hybridized carbons (Fsp3) is 0.192. The monoisotopic (exact) mass is 525 g/mol. The maximum absolute atomic E-state index is 12.5. The van der Waals surface area contributed by atoms with Crippen LogP contribution < -0.4 is 5.32 Å². The molecule has 0 fully saturated rings. The first-order valence-corrected chi connectivity index (χ1v) is 13.9. The van der Waals surface area contributed by atoms with E-state index in [1.807, 2.05) is 51.1 Å². The van der Waals surface area contributed by atoms with Crippen LogP contribution in [0.15, 0.2) is 71.8 Å². The molecule has 2 aromatic heterocycles. The van der Waals surface area contributed by atoms with Gasteiger partial charge in [0.15, 0.2) is 9.84 Å². The number of nitrogens with zero attached hydrogens (tertiary/aromatic N) is 2. The average molecular weight is 526 g/mol. The number of anilines is 1. The van der Waals surface area contributed by atoms with Gasteiger partial charge < -0.3 is 5.32 Å². The molecular formula is C26H24ClN3O3S2. The van der Waals surface area contributed by atoms with Crippen molar-refractivity contribution in [2.45, 2.75) is 25.7 Å². The highest BCUT2D eigenvalue weighted by atomic mass is 35.5. The van der Waals surface area contributed by atoms with E-state index in [1.54, 1.807) is 36.5 Å². The number of rotatable bonds is 5. The molecule has 0 spiro atoms. The number of hydrogen-bond donors (Lipinski definition) is 1. The van der Waals surface area contributed by atoms with Crippen LogP contribution in [0.1, 0.15) is 20.8 Å². The molecule has 9 heteroatoms. The first-order chi connectivity index (χ1) is 16.4. The number of carbonyl (C=O) groups excluding carboxylic acids is 1. The SMILES string of the molecule is CC(C)(C)C(=O)Nc1cc(-c2sc(-c3ccc(S(C)(=O)=O)cc3)nc2-c2cccc(Cl)c2)ccn1. The summed E-state index contributed by atoms with van der Waals surface area (Å²) in [6, 6.07) is 17.8. The molecule has 180 valence electrons. The zero-order valence-corrected chi connectivity index (χ0v) is 22.1. The Morgan fingerprint density at radius 2 is 1.69 bits per heavy atom. The number of amides is 1. The van der Waals surface area contributed by atoms with Crippen molar-refractivity contribution in [1.82, 2.24) is 9.97 Å². The third-order valence-corrected chi connectivity index (χ3v) is 7.72. The summed E-state index contributed by atoms with van der Waals surface area (Å²) in [6.45, 7) is 5.52. The van der Waals surface area contributed by atoms with Crippen LogP contribution in [0.5, 0.6) is 0 Å². The summed E-state index contributed by atoms with van der Waals surface area (Å²) in [4.78, 5) is 22.8. The molecule has 0 aliphatic heterocycles. The first-order valence-electron chi connectivity index (χ1n) is 10.8. The third kappa shape index (κ3) is 5.78. The standard InChI is InChI=1S/C26H24ClN3O3S2/c1-26(2,3)25(31)29-21-15-18(12-13-28-21)23-22(17-6-5-7-19(27)14-17)30-24(34-23)16-8-10-20(11-9-16)35(4,32)33/h5-15H,1-4H3,(H,28,29,31). The topological polar surface area (TPSA) is 89.0 Å². The molecule has 4 rings (SSSR count). The zero-order chi connectivity index (χ0) is 25.4.